The molecule has 0 aromatic heterocycles. The summed E-state index contributed by atoms with van der Waals surface area (Å²) in [7, 11) is 1.68. The molecule has 1 unspecified atom stereocenters. The topological polar surface area (TPSA) is 49.8 Å². The summed E-state index contributed by atoms with van der Waals surface area (Å²) in [5, 5.41) is 11.6. The van der Waals surface area contributed by atoms with Gasteiger partial charge in [0.05, 0.1) is 12.5 Å². The number of carboxylic acids is 1. The van der Waals surface area contributed by atoms with Crippen LogP contribution in [0.5, 0.6) is 5.75 Å². The molecule has 2 aromatic carbocycles. The molecule has 0 amide bonds. The number of carboxylic acid groups (broad SMARTS) is 1. The molecule has 4 heteroatoms. The monoisotopic (exact) mass is 299 g/mol. The molecule has 4 nitrogen and oxygen atoms in total. The second kappa shape index (κ2) is 5.61. The van der Waals surface area contributed by atoms with Crippen molar-refractivity contribution in [1.29, 1.82) is 0 Å². The van der Waals surface area contributed by atoms with Gasteiger partial charge in [-0.3, -0.25) is 9.69 Å². The quantitative estimate of drug-likeness (QED) is 0.942. The minimum absolute atomic E-state index is 0.595. The fraction of sp³-hybridized carbons (Fsp3) is 0.389. The molecule has 2 aromatic rings. The Balaban J connectivity index is 1.84. The number of ether oxygens (including phenoxy) is 1. The number of carbonyl (C=O) groups is 1. The van der Waals surface area contributed by atoms with Gasteiger partial charge in [0.15, 0.2) is 0 Å². The first kappa shape index (κ1) is 14.9. The standard InChI is InChI=1S/C18H21NO3/c1-18(17(20)21)7-8-19(12-18)11-13-9-14-5-3-4-6-15(14)16(10-13)22-2/h3-6,9-10H,7-8,11-12H2,1-2H3,(H,20,21). The Morgan fingerprint density at radius 2 is 2.14 bits per heavy atom. The van der Waals surface area contributed by atoms with E-state index in [0.29, 0.717) is 13.0 Å². The maximum atomic E-state index is 11.3. The van der Waals surface area contributed by atoms with Crippen LogP contribution < -0.4 is 4.74 Å². The average Bonchev–Trinajstić information content (AvgIpc) is 2.89. The summed E-state index contributed by atoms with van der Waals surface area (Å²) >= 11 is 0. The fourth-order valence-electron chi connectivity index (χ4n) is 3.22. The Morgan fingerprint density at radius 3 is 2.82 bits per heavy atom. The molecule has 1 saturated heterocycles. The van der Waals surface area contributed by atoms with Gasteiger partial charge in [0.25, 0.3) is 0 Å². The van der Waals surface area contributed by atoms with E-state index in [-0.39, 0.29) is 0 Å². The van der Waals surface area contributed by atoms with Gasteiger partial charge >= 0.3 is 5.97 Å². The third kappa shape index (κ3) is 2.66. The highest BCUT2D eigenvalue weighted by molar-refractivity contribution is 5.89. The van der Waals surface area contributed by atoms with Crippen molar-refractivity contribution in [3.05, 3.63) is 42.0 Å². The maximum Gasteiger partial charge on any atom is 0.310 e. The Kier molecular flexibility index (Phi) is 3.79. The molecule has 1 heterocycles. The van der Waals surface area contributed by atoms with Gasteiger partial charge in [0.1, 0.15) is 5.75 Å². The molecule has 0 saturated carbocycles. The highest BCUT2D eigenvalue weighted by Crippen LogP contribution is 2.33. The summed E-state index contributed by atoms with van der Waals surface area (Å²) in [4.78, 5) is 13.6. The summed E-state index contributed by atoms with van der Waals surface area (Å²) < 4.78 is 5.50. The molecule has 0 aliphatic carbocycles. The van der Waals surface area contributed by atoms with Crippen LogP contribution in [0.4, 0.5) is 0 Å². The van der Waals surface area contributed by atoms with Gasteiger partial charge in [-0.25, -0.2) is 0 Å². The number of benzene rings is 2. The van der Waals surface area contributed by atoms with E-state index in [9.17, 15) is 9.90 Å². The van der Waals surface area contributed by atoms with E-state index in [1.54, 1.807) is 7.11 Å². The molecule has 1 atom stereocenters. The normalized spacial score (nSPS) is 22.1. The van der Waals surface area contributed by atoms with Crippen LogP contribution in [0, 0.1) is 5.41 Å². The molecule has 1 fully saturated rings. The van der Waals surface area contributed by atoms with Crippen molar-refractivity contribution in [2.24, 2.45) is 5.41 Å². The first-order valence-electron chi connectivity index (χ1n) is 7.53. The molecular formula is C18H21NO3. The number of hydrogen-bond acceptors (Lipinski definition) is 3. The van der Waals surface area contributed by atoms with Gasteiger partial charge in [-0.05, 0) is 43.0 Å². The Hall–Kier alpha value is -2.07. The number of likely N-dealkylation sites (tertiary alicyclic amines) is 1. The van der Waals surface area contributed by atoms with E-state index in [1.807, 2.05) is 19.1 Å². The molecular weight excluding hydrogens is 278 g/mol. The van der Waals surface area contributed by atoms with Crippen molar-refractivity contribution < 1.29 is 14.6 Å². The summed E-state index contributed by atoms with van der Waals surface area (Å²) in [6.45, 7) is 4.00. The van der Waals surface area contributed by atoms with Crippen molar-refractivity contribution >= 4 is 16.7 Å². The Bertz CT molecular complexity index is 713. The van der Waals surface area contributed by atoms with Crippen LogP contribution in [0.15, 0.2) is 36.4 Å². The summed E-state index contributed by atoms with van der Waals surface area (Å²) in [6.07, 6.45) is 0.701. The van der Waals surface area contributed by atoms with Crippen LogP contribution in [0.2, 0.25) is 0 Å². The van der Waals surface area contributed by atoms with E-state index in [1.165, 1.54) is 0 Å². The molecule has 3 rings (SSSR count). The molecule has 116 valence electrons. The number of rotatable bonds is 4. The zero-order valence-corrected chi connectivity index (χ0v) is 13.0. The Morgan fingerprint density at radius 1 is 1.36 bits per heavy atom. The number of hydrogen-bond donors (Lipinski definition) is 1. The highest BCUT2D eigenvalue weighted by atomic mass is 16.5. The number of nitrogens with zero attached hydrogens (tertiary/aromatic N) is 1. The molecule has 1 aliphatic rings. The lowest BCUT2D eigenvalue weighted by molar-refractivity contribution is -0.147. The summed E-state index contributed by atoms with van der Waals surface area (Å²) in [5.74, 6) is 0.166. The summed E-state index contributed by atoms with van der Waals surface area (Å²) in [6, 6.07) is 12.4. The minimum atomic E-state index is -0.703. The van der Waals surface area contributed by atoms with Crippen LogP contribution >= 0.6 is 0 Å². The zero-order chi connectivity index (χ0) is 15.7. The number of methoxy groups -OCH3 is 1. The fourth-order valence-corrected chi connectivity index (χ4v) is 3.22. The van der Waals surface area contributed by atoms with Gasteiger partial charge in [0.2, 0.25) is 0 Å². The van der Waals surface area contributed by atoms with Crippen LogP contribution in [0.25, 0.3) is 10.8 Å². The third-order valence-electron chi connectivity index (χ3n) is 4.58. The zero-order valence-electron chi connectivity index (χ0n) is 13.0. The minimum Gasteiger partial charge on any atom is -0.496 e. The smallest absolute Gasteiger partial charge is 0.310 e. The average molecular weight is 299 g/mol. The molecule has 0 spiro atoms. The van der Waals surface area contributed by atoms with Crippen molar-refractivity contribution in [3.8, 4) is 5.75 Å². The van der Waals surface area contributed by atoms with E-state index >= 15 is 0 Å². The van der Waals surface area contributed by atoms with Crippen molar-refractivity contribution in [1.82, 2.24) is 4.90 Å². The molecule has 0 radical (unpaired) electrons. The SMILES string of the molecule is COc1cc(CN2CCC(C)(C(=O)O)C2)cc2ccccc12. The Labute approximate surface area is 130 Å². The van der Waals surface area contributed by atoms with Crippen molar-refractivity contribution in [3.63, 3.8) is 0 Å². The maximum absolute atomic E-state index is 11.3. The van der Waals surface area contributed by atoms with Gasteiger partial charge in [-0.15, -0.1) is 0 Å². The van der Waals surface area contributed by atoms with E-state index in [0.717, 1.165) is 35.2 Å². The largest absolute Gasteiger partial charge is 0.496 e. The summed E-state index contributed by atoms with van der Waals surface area (Å²) in [5.41, 5.74) is 0.534. The lowest BCUT2D eigenvalue weighted by Crippen LogP contribution is -2.31. The second-order valence-corrected chi connectivity index (χ2v) is 6.35. The second-order valence-electron chi connectivity index (χ2n) is 6.35. The van der Waals surface area contributed by atoms with E-state index in [4.69, 9.17) is 4.74 Å². The highest BCUT2D eigenvalue weighted by Gasteiger charge is 2.40. The van der Waals surface area contributed by atoms with E-state index in [2.05, 4.69) is 29.2 Å². The van der Waals surface area contributed by atoms with Crippen LogP contribution in [-0.4, -0.2) is 36.2 Å². The lowest BCUT2D eigenvalue weighted by Gasteiger charge is -2.20. The molecule has 1 aliphatic heterocycles. The van der Waals surface area contributed by atoms with Crippen molar-refractivity contribution in [2.45, 2.75) is 19.9 Å². The third-order valence-corrected chi connectivity index (χ3v) is 4.58. The predicted molar refractivity (Wildman–Crippen MR) is 86.1 cm³/mol. The first-order valence-corrected chi connectivity index (χ1v) is 7.53. The van der Waals surface area contributed by atoms with Gasteiger partial charge in [-0.2, -0.15) is 0 Å². The van der Waals surface area contributed by atoms with Gasteiger partial charge < -0.3 is 9.84 Å². The van der Waals surface area contributed by atoms with Gasteiger partial charge in [0, 0.05) is 18.5 Å². The lowest BCUT2D eigenvalue weighted by atomic mass is 9.90. The predicted octanol–water partition coefficient (Wildman–Crippen LogP) is 3.15. The van der Waals surface area contributed by atoms with Gasteiger partial charge in [-0.1, -0.05) is 24.3 Å². The number of fused-ring (bicyclic) bond motifs is 1. The number of aliphatic carboxylic acids is 1. The van der Waals surface area contributed by atoms with Crippen LogP contribution in [0.1, 0.15) is 18.9 Å². The molecule has 22 heavy (non-hydrogen) atoms. The van der Waals surface area contributed by atoms with Crippen LogP contribution in [-0.2, 0) is 11.3 Å². The molecule has 1 N–H and O–H groups in total. The van der Waals surface area contributed by atoms with Crippen LogP contribution in [0.3, 0.4) is 0 Å². The van der Waals surface area contributed by atoms with Crippen molar-refractivity contribution in [2.75, 3.05) is 20.2 Å². The molecule has 0 bridgehead atoms. The van der Waals surface area contributed by atoms with E-state index < -0.39 is 11.4 Å². The first-order chi connectivity index (χ1) is 10.5.